The molecule has 21 heavy (non-hydrogen) atoms. The highest BCUT2D eigenvalue weighted by Crippen LogP contribution is 2.25. The minimum absolute atomic E-state index is 0.00633. The third kappa shape index (κ3) is 3.92. The first-order chi connectivity index (χ1) is 10.1. The zero-order valence-electron chi connectivity index (χ0n) is 11.1. The normalized spacial score (nSPS) is 13.0. The predicted molar refractivity (Wildman–Crippen MR) is 77.2 cm³/mol. The van der Waals surface area contributed by atoms with E-state index in [9.17, 15) is 8.78 Å². The summed E-state index contributed by atoms with van der Waals surface area (Å²) in [5.74, 6) is -1.13. The van der Waals surface area contributed by atoms with E-state index >= 15 is 0 Å². The molecule has 0 aromatic heterocycles. The van der Waals surface area contributed by atoms with Gasteiger partial charge in [0.15, 0.2) is 0 Å². The average molecular weight is 291 g/mol. The van der Waals surface area contributed by atoms with Crippen molar-refractivity contribution in [2.75, 3.05) is 5.32 Å². The molecule has 0 spiro atoms. The summed E-state index contributed by atoms with van der Waals surface area (Å²) in [6, 6.07) is 11.8. The third-order valence-electron chi connectivity index (χ3n) is 3.00. The minimum atomic E-state index is -0.572. The van der Waals surface area contributed by atoms with Gasteiger partial charge in [0.2, 0.25) is 0 Å². The largest absolute Gasteiger partial charge is 0.409 e. The van der Waals surface area contributed by atoms with Crippen LogP contribution in [0, 0.1) is 11.6 Å². The smallest absolute Gasteiger partial charge is 0.146 e. The number of nitrogens with two attached hydrogens (primary N) is 1. The number of benzene rings is 2. The molecule has 6 heteroatoms. The van der Waals surface area contributed by atoms with E-state index in [1.165, 1.54) is 0 Å². The number of nitrogens with zero attached hydrogens (tertiary/aromatic N) is 1. The molecule has 0 saturated heterocycles. The fourth-order valence-electron chi connectivity index (χ4n) is 1.98. The number of rotatable bonds is 5. The van der Waals surface area contributed by atoms with Crippen molar-refractivity contribution in [2.45, 2.75) is 12.5 Å². The number of hydrogen-bond donors (Lipinski definition) is 3. The Kier molecular flexibility index (Phi) is 4.71. The topological polar surface area (TPSA) is 70.6 Å². The molecule has 0 amide bonds. The van der Waals surface area contributed by atoms with Gasteiger partial charge in [0.25, 0.3) is 0 Å². The Morgan fingerprint density at radius 3 is 2.57 bits per heavy atom. The molecule has 0 aliphatic heterocycles. The van der Waals surface area contributed by atoms with E-state index in [4.69, 9.17) is 10.9 Å². The summed E-state index contributed by atoms with van der Waals surface area (Å²) < 4.78 is 27.0. The maximum absolute atomic E-state index is 13.7. The lowest BCUT2D eigenvalue weighted by Gasteiger charge is -2.20. The van der Waals surface area contributed by atoms with Crippen LogP contribution in [0.4, 0.5) is 14.5 Å². The molecule has 0 fully saturated rings. The lowest BCUT2D eigenvalue weighted by atomic mass is 10.0. The number of halogens is 2. The summed E-state index contributed by atoms with van der Waals surface area (Å²) in [5.41, 5.74) is 6.36. The van der Waals surface area contributed by atoms with Gasteiger partial charge in [-0.3, -0.25) is 0 Å². The van der Waals surface area contributed by atoms with Crippen molar-refractivity contribution >= 4 is 11.5 Å². The number of nitrogens with one attached hydrogen (secondary N) is 1. The van der Waals surface area contributed by atoms with Crippen LogP contribution in [-0.4, -0.2) is 11.0 Å². The Hall–Kier alpha value is -2.63. The van der Waals surface area contributed by atoms with Crippen molar-refractivity contribution in [1.82, 2.24) is 0 Å². The first-order valence-electron chi connectivity index (χ1n) is 6.33. The van der Waals surface area contributed by atoms with Crippen molar-refractivity contribution in [1.29, 1.82) is 0 Å². The number of amidine groups is 1. The molecule has 0 bridgehead atoms. The molecule has 0 saturated carbocycles. The van der Waals surface area contributed by atoms with Crippen LogP contribution in [0.3, 0.4) is 0 Å². The first kappa shape index (κ1) is 14.8. The Labute approximate surface area is 120 Å². The predicted octanol–water partition coefficient (Wildman–Crippen LogP) is 3.25. The second-order valence-electron chi connectivity index (χ2n) is 4.53. The maximum atomic E-state index is 13.7. The van der Waals surface area contributed by atoms with Gasteiger partial charge in [-0.15, -0.1) is 0 Å². The zero-order chi connectivity index (χ0) is 15.2. The van der Waals surface area contributed by atoms with Crippen LogP contribution in [0.5, 0.6) is 0 Å². The summed E-state index contributed by atoms with van der Waals surface area (Å²) in [6.45, 7) is 0. The lowest BCUT2D eigenvalue weighted by molar-refractivity contribution is 0.316. The van der Waals surface area contributed by atoms with Crippen molar-refractivity contribution in [2.24, 2.45) is 10.9 Å². The fourth-order valence-corrected chi connectivity index (χ4v) is 1.98. The van der Waals surface area contributed by atoms with Gasteiger partial charge in [-0.05, 0) is 23.8 Å². The molecule has 110 valence electrons. The molecule has 0 radical (unpaired) electrons. The van der Waals surface area contributed by atoms with E-state index in [0.717, 1.165) is 23.8 Å². The van der Waals surface area contributed by atoms with Crippen LogP contribution in [0.1, 0.15) is 18.0 Å². The molecule has 0 aliphatic rings. The van der Waals surface area contributed by atoms with Gasteiger partial charge in [0.05, 0.1) is 11.7 Å². The van der Waals surface area contributed by atoms with Crippen LogP contribution in [-0.2, 0) is 0 Å². The van der Waals surface area contributed by atoms with Crippen molar-refractivity contribution in [3.05, 3.63) is 65.7 Å². The highest BCUT2D eigenvalue weighted by atomic mass is 19.1. The van der Waals surface area contributed by atoms with Gasteiger partial charge in [0.1, 0.15) is 17.5 Å². The molecule has 0 aliphatic carbocycles. The second kappa shape index (κ2) is 6.69. The van der Waals surface area contributed by atoms with Crippen molar-refractivity contribution in [3.63, 3.8) is 0 Å². The molecular weight excluding hydrogens is 276 g/mol. The summed E-state index contributed by atoms with van der Waals surface area (Å²) in [5, 5.41) is 14.5. The van der Waals surface area contributed by atoms with Crippen LogP contribution in [0.2, 0.25) is 0 Å². The van der Waals surface area contributed by atoms with Crippen LogP contribution < -0.4 is 11.1 Å². The molecular formula is C15H15F2N3O. The molecule has 4 N–H and O–H groups in total. The molecule has 2 rings (SSSR count). The zero-order valence-corrected chi connectivity index (χ0v) is 11.1. The third-order valence-corrected chi connectivity index (χ3v) is 3.00. The van der Waals surface area contributed by atoms with E-state index in [1.54, 1.807) is 0 Å². The Balaban J connectivity index is 2.29. The van der Waals surface area contributed by atoms with Crippen molar-refractivity contribution < 1.29 is 14.0 Å². The highest BCUT2D eigenvalue weighted by Gasteiger charge is 2.15. The molecule has 1 atom stereocenters. The van der Waals surface area contributed by atoms with Gasteiger partial charge in [-0.2, -0.15) is 0 Å². The molecule has 0 heterocycles. The Morgan fingerprint density at radius 2 is 1.90 bits per heavy atom. The van der Waals surface area contributed by atoms with Gasteiger partial charge in [-0.1, -0.05) is 35.5 Å². The van der Waals surface area contributed by atoms with Gasteiger partial charge in [-0.25, -0.2) is 8.78 Å². The van der Waals surface area contributed by atoms with E-state index < -0.39 is 17.7 Å². The van der Waals surface area contributed by atoms with Crippen LogP contribution >= 0.6 is 0 Å². The van der Waals surface area contributed by atoms with Crippen LogP contribution in [0.15, 0.2) is 53.7 Å². The number of oxime groups is 1. The summed E-state index contributed by atoms with van der Waals surface area (Å²) in [6.07, 6.45) is 0.149. The monoisotopic (exact) mass is 291 g/mol. The Morgan fingerprint density at radius 1 is 1.19 bits per heavy atom. The van der Waals surface area contributed by atoms with Crippen LogP contribution in [0.25, 0.3) is 0 Å². The standard InChI is InChI=1S/C15H15F2N3O/c16-11-6-7-12(17)14(8-11)19-13(9-15(18)20-21)10-4-2-1-3-5-10/h1-8,13,19,21H,9H2,(H2,18,20). The average Bonchev–Trinajstić information content (AvgIpc) is 2.51. The summed E-state index contributed by atoms with van der Waals surface area (Å²) in [4.78, 5) is 0. The van der Waals surface area contributed by atoms with Gasteiger partial charge in [0, 0.05) is 6.42 Å². The fraction of sp³-hybridized carbons (Fsp3) is 0.133. The van der Waals surface area contributed by atoms with E-state index in [1.807, 2.05) is 30.3 Å². The second-order valence-corrected chi connectivity index (χ2v) is 4.53. The summed E-state index contributed by atoms with van der Waals surface area (Å²) >= 11 is 0. The lowest BCUT2D eigenvalue weighted by Crippen LogP contribution is -2.21. The van der Waals surface area contributed by atoms with E-state index in [0.29, 0.717) is 0 Å². The quantitative estimate of drug-likeness (QED) is 0.343. The Bertz CT molecular complexity index is 632. The first-order valence-corrected chi connectivity index (χ1v) is 6.33. The number of anilines is 1. The summed E-state index contributed by atoms with van der Waals surface area (Å²) in [7, 11) is 0. The maximum Gasteiger partial charge on any atom is 0.146 e. The van der Waals surface area contributed by atoms with Gasteiger partial charge < -0.3 is 16.3 Å². The SMILES string of the molecule is NC(CC(Nc1cc(F)ccc1F)c1ccccc1)=NO. The van der Waals surface area contributed by atoms with Gasteiger partial charge >= 0.3 is 0 Å². The molecule has 2 aromatic rings. The minimum Gasteiger partial charge on any atom is -0.409 e. The molecule has 2 aromatic carbocycles. The van der Waals surface area contributed by atoms with E-state index in [2.05, 4.69) is 10.5 Å². The highest BCUT2D eigenvalue weighted by molar-refractivity contribution is 5.80. The molecule has 1 unspecified atom stereocenters. The van der Waals surface area contributed by atoms with E-state index in [-0.39, 0.29) is 17.9 Å². The van der Waals surface area contributed by atoms with Crippen molar-refractivity contribution in [3.8, 4) is 0 Å². The number of hydrogen-bond acceptors (Lipinski definition) is 3. The molecule has 4 nitrogen and oxygen atoms in total.